The Morgan fingerprint density at radius 1 is 1.38 bits per heavy atom. The van der Waals surface area contributed by atoms with Gasteiger partial charge in [-0.2, -0.15) is 5.10 Å². The van der Waals surface area contributed by atoms with Gasteiger partial charge in [0.25, 0.3) is 0 Å². The number of nitrogens with one attached hydrogen (secondary N) is 1. The number of rotatable bonds is 6. The average molecular weight is 374 g/mol. The third kappa shape index (κ3) is 3.82. The summed E-state index contributed by atoms with van der Waals surface area (Å²) in [6, 6.07) is 2.33. The van der Waals surface area contributed by atoms with Crippen LogP contribution in [0.25, 0.3) is 6.08 Å². The smallest absolute Gasteiger partial charge is 0.250 e. The molecule has 2 aliphatic heterocycles. The van der Waals surface area contributed by atoms with Crippen molar-refractivity contribution >= 4 is 41.1 Å². The highest BCUT2D eigenvalue weighted by Crippen LogP contribution is 2.39. The van der Waals surface area contributed by atoms with Crippen LogP contribution in [0.1, 0.15) is 55.7 Å². The molecule has 2 aliphatic rings. The summed E-state index contributed by atoms with van der Waals surface area (Å²) < 4.78 is 0. The Bertz CT molecular complexity index is 758. The number of amidine groups is 1. The lowest BCUT2D eigenvalue weighted by molar-refractivity contribution is -0.127. The van der Waals surface area contributed by atoms with Gasteiger partial charge >= 0.3 is 0 Å². The minimum absolute atomic E-state index is 0.0760. The Kier molecular flexibility index (Phi) is 5.76. The van der Waals surface area contributed by atoms with Gasteiger partial charge in [-0.05, 0) is 31.9 Å². The maximum absolute atomic E-state index is 13.0. The number of hydrogen-bond acceptors (Lipinski definition) is 6. The first-order valence-corrected chi connectivity index (χ1v) is 10.1. The molecule has 0 aromatic carbocycles. The predicted molar refractivity (Wildman–Crippen MR) is 109 cm³/mol. The van der Waals surface area contributed by atoms with Crippen LogP contribution in [0.5, 0.6) is 0 Å². The van der Waals surface area contributed by atoms with Crippen molar-refractivity contribution in [3.05, 3.63) is 21.4 Å². The number of carbonyl (C=O) groups is 1. The maximum atomic E-state index is 13.0. The Morgan fingerprint density at radius 3 is 2.73 bits per heavy atom. The van der Waals surface area contributed by atoms with Crippen molar-refractivity contribution in [1.29, 1.82) is 0 Å². The number of hydrogen-bond donors (Lipinski definition) is 2. The van der Waals surface area contributed by atoms with E-state index >= 15 is 0 Å². The molecule has 0 saturated carbocycles. The van der Waals surface area contributed by atoms with E-state index in [4.69, 9.17) is 5.73 Å². The summed E-state index contributed by atoms with van der Waals surface area (Å²) in [7, 11) is 0. The molecule has 3 rings (SSSR count). The van der Waals surface area contributed by atoms with Crippen molar-refractivity contribution in [1.82, 2.24) is 10.3 Å². The topological polar surface area (TPSA) is 83.1 Å². The second kappa shape index (κ2) is 8.03. The van der Waals surface area contributed by atoms with E-state index in [-0.39, 0.29) is 17.9 Å². The van der Waals surface area contributed by atoms with Crippen molar-refractivity contribution in [3.63, 3.8) is 0 Å². The number of aliphatic imine (C=N–C) groups is 1. The lowest BCUT2D eigenvalue weighted by Crippen LogP contribution is -2.34. The van der Waals surface area contributed by atoms with Crippen LogP contribution in [-0.4, -0.2) is 42.0 Å². The SMILES string of the molecule is CCCN(CCC)C(=O)C1=Cc2sc(C3C=NNC3C)cc2N=C(N)C1. The van der Waals surface area contributed by atoms with Crippen molar-refractivity contribution in [2.24, 2.45) is 15.8 Å². The molecule has 1 aromatic heterocycles. The number of nitrogens with zero attached hydrogens (tertiary/aromatic N) is 3. The third-order valence-corrected chi connectivity index (χ3v) is 5.80. The minimum atomic E-state index is 0.0760. The van der Waals surface area contributed by atoms with Gasteiger partial charge in [-0.1, -0.05) is 13.8 Å². The standard InChI is InChI=1S/C19H27N5OS/c1-4-6-24(7-5-2)19(25)13-8-17-15(22-18(20)9-13)10-16(26-17)14-11-21-23-12(14)3/h8,10-12,14,23H,4-7,9H2,1-3H3,(H2,20,22). The minimum Gasteiger partial charge on any atom is -0.387 e. The summed E-state index contributed by atoms with van der Waals surface area (Å²) in [6.45, 7) is 7.83. The average Bonchev–Trinajstić information content (AvgIpc) is 3.16. The van der Waals surface area contributed by atoms with Crippen LogP contribution in [0, 0.1) is 0 Å². The second-order valence-corrected chi connectivity index (χ2v) is 7.98. The molecule has 2 unspecified atom stereocenters. The largest absolute Gasteiger partial charge is 0.387 e. The molecule has 26 heavy (non-hydrogen) atoms. The van der Waals surface area contributed by atoms with Crippen molar-refractivity contribution in [3.8, 4) is 0 Å². The molecule has 1 aromatic rings. The van der Waals surface area contributed by atoms with Gasteiger partial charge in [0.1, 0.15) is 5.84 Å². The summed E-state index contributed by atoms with van der Waals surface area (Å²) >= 11 is 1.67. The molecule has 7 heteroatoms. The molecule has 0 fully saturated rings. The first kappa shape index (κ1) is 18.6. The van der Waals surface area contributed by atoms with E-state index in [0.29, 0.717) is 12.3 Å². The van der Waals surface area contributed by atoms with Crippen LogP contribution in [0.15, 0.2) is 21.7 Å². The third-order valence-electron chi connectivity index (χ3n) is 4.63. The molecule has 3 N–H and O–H groups in total. The summed E-state index contributed by atoms with van der Waals surface area (Å²) in [5.74, 6) is 0.798. The first-order chi connectivity index (χ1) is 12.5. The Hall–Kier alpha value is -2.15. The molecular formula is C19H27N5OS. The highest BCUT2D eigenvalue weighted by molar-refractivity contribution is 7.13. The zero-order valence-corrected chi connectivity index (χ0v) is 16.5. The molecule has 0 aliphatic carbocycles. The van der Waals surface area contributed by atoms with E-state index in [0.717, 1.165) is 42.1 Å². The summed E-state index contributed by atoms with van der Waals surface area (Å²) in [6.07, 6.45) is 6.22. The van der Waals surface area contributed by atoms with Crippen molar-refractivity contribution < 1.29 is 4.79 Å². The fourth-order valence-corrected chi connectivity index (χ4v) is 4.57. The van der Waals surface area contributed by atoms with Gasteiger partial charge in [-0.15, -0.1) is 11.3 Å². The molecule has 0 radical (unpaired) electrons. The maximum Gasteiger partial charge on any atom is 0.250 e. The van der Waals surface area contributed by atoms with E-state index in [2.05, 4.69) is 42.4 Å². The molecule has 2 atom stereocenters. The monoisotopic (exact) mass is 373 g/mol. The summed E-state index contributed by atoms with van der Waals surface area (Å²) in [4.78, 5) is 21.7. The predicted octanol–water partition coefficient (Wildman–Crippen LogP) is 3.23. The lowest BCUT2D eigenvalue weighted by atomic mass is 10.0. The van der Waals surface area contributed by atoms with Gasteiger partial charge in [0, 0.05) is 36.2 Å². The molecule has 1 amide bonds. The summed E-state index contributed by atoms with van der Waals surface area (Å²) in [5, 5.41) is 4.16. The number of amides is 1. The van der Waals surface area contributed by atoms with Crippen LogP contribution in [0.4, 0.5) is 5.69 Å². The van der Waals surface area contributed by atoms with Crippen LogP contribution >= 0.6 is 11.3 Å². The number of nitrogens with two attached hydrogens (primary N) is 1. The highest BCUT2D eigenvalue weighted by Gasteiger charge is 2.26. The quantitative estimate of drug-likeness (QED) is 0.803. The normalized spacial score (nSPS) is 21.5. The van der Waals surface area contributed by atoms with Crippen LogP contribution in [0.2, 0.25) is 0 Å². The number of thiophene rings is 1. The van der Waals surface area contributed by atoms with E-state index in [9.17, 15) is 4.79 Å². The zero-order valence-electron chi connectivity index (χ0n) is 15.7. The van der Waals surface area contributed by atoms with Gasteiger partial charge in [-0.3, -0.25) is 4.79 Å². The first-order valence-electron chi connectivity index (χ1n) is 9.28. The van der Waals surface area contributed by atoms with Gasteiger partial charge < -0.3 is 16.1 Å². The second-order valence-electron chi connectivity index (χ2n) is 6.86. The number of hydrazone groups is 1. The van der Waals surface area contributed by atoms with Crippen LogP contribution in [-0.2, 0) is 4.79 Å². The molecule has 0 bridgehead atoms. The van der Waals surface area contributed by atoms with E-state index in [1.807, 2.05) is 17.2 Å². The van der Waals surface area contributed by atoms with Gasteiger partial charge in [0.15, 0.2) is 0 Å². The van der Waals surface area contributed by atoms with Crippen molar-refractivity contribution in [2.45, 2.75) is 52.0 Å². The van der Waals surface area contributed by atoms with E-state index in [1.165, 1.54) is 4.88 Å². The Morgan fingerprint density at radius 2 is 2.12 bits per heavy atom. The lowest BCUT2D eigenvalue weighted by Gasteiger charge is -2.22. The zero-order chi connectivity index (χ0) is 18.7. The molecule has 6 nitrogen and oxygen atoms in total. The molecular weight excluding hydrogens is 346 g/mol. The number of fused-ring (bicyclic) bond motifs is 1. The molecule has 0 saturated heterocycles. The highest BCUT2D eigenvalue weighted by atomic mass is 32.1. The molecule has 3 heterocycles. The van der Waals surface area contributed by atoms with Crippen LogP contribution < -0.4 is 11.2 Å². The number of carbonyl (C=O) groups excluding carboxylic acids is 1. The van der Waals surface area contributed by atoms with Crippen molar-refractivity contribution in [2.75, 3.05) is 13.1 Å². The van der Waals surface area contributed by atoms with Gasteiger partial charge in [-0.25, -0.2) is 4.99 Å². The van der Waals surface area contributed by atoms with Crippen LogP contribution in [0.3, 0.4) is 0 Å². The fourth-order valence-electron chi connectivity index (χ4n) is 3.33. The summed E-state index contributed by atoms with van der Waals surface area (Å²) in [5.41, 5.74) is 10.8. The molecule has 140 valence electrons. The fraction of sp³-hybridized carbons (Fsp3) is 0.526. The molecule has 0 spiro atoms. The van der Waals surface area contributed by atoms with E-state index < -0.39 is 0 Å². The Balaban J connectivity index is 1.92. The Labute approximate surface area is 158 Å². The van der Waals surface area contributed by atoms with Gasteiger partial charge in [0.2, 0.25) is 5.91 Å². The van der Waals surface area contributed by atoms with Gasteiger partial charge in [0.05, 0.1) is 22.5 Å². The van der Waals surface area contributed by atoms with E-state index in [1.54, 1.807) is 11.3 Å².